The smallest absolute Gasteiger partial charge is 0.396 e. The Labute approximate surface area is 354 Å². The van der Waals surface area contributed by atoms with Crippen molar-refractivity contribution >= 4 is 19.7 Å². The molecule has 0 heterocycles. The lowest BCUT2D eigenvalue weighted by molar-refractivity contribution is -0.462. The summed E-state index contributed by atoms with van der Waals surface area (Å²) in [6.07, 6.45) is -25.6. The summed E-state index contributed by atoms with van der Waals surface area (Å²) in [5.74, 6) is -131. The molecule has 2 unspecified atom stereocenters. The standard InChI is InChI=1S/C25H16F36O6S2/c26-7(1-10(28,29)12(32,33)14(36,37)16(40,41)18(44,45)20(48,49)22(52,53)24(56,57)58)68(64,65)5-9(3-62,4-63)6-69(66,67)8(27)2-11(30,31)13(34,35)15(38,39)17(42,43)19(46,47)21(50,51)23(54,55)25(59,60)61/h7-8,62-63H,1-6H2. The van der Waals surface area contributed by atoms with Gasteiger partial charge in [0.15, 0.2) is 19.7 Å². The first-order valence-electron chi connectivity index (χ1n) is 15.6. The molecule has 0 aromatic heterocycles. The maximum atomic E-state index is 14.6. The minimum atomic E-state index is -9.33. The molecule has 6 nitrogen and oxygen atoms in total. The van der Waals surface area contributed by atoms with Crippen molar-refractivity contribution < 1.29 is 185 Å². The molecule has 0 spiro atoms. The van der Waals surface area contributed by atoms with Crippen molar-refractivity contribution in [2.75, 3.05) is 24.7 Å². The van der Waals surface area contributed by atoms with E-state index in [0.29, 0.717) is 0 Å². The van der Waals surface area contributed by atoms with E-state index in [0.717, 1.165) is 0 Å². The van der Waals surface area contributed by atoms with Crippen LogP contribution in [0, 0.1) is 5.41 Å². The van der Waals surface area contributed by atoms with Gasteiger partial charge < -0.3 is 10.2 Å². The number of aliphatic hydroxyl groups is 2. The Kier molecular flexibility index (Phi) is 17.1. The van der Waals surface area contributed by atoms with Gasteiger partial charge in [-0.15, -0.1) is 0 Å². The van der Waals surface area contributed by atoms with Gasteiger partial charge in [-0.2, -0.15) is 149 Å². The highest BCUT2D eigenvalue weighted by Crippen LogP contribution is 2.66. The number of hydrogen-bond acceptors (Lipinski definition) is 6. The molecule has 0 amide bonds. The van der Waals surface area contributed by atoms with E-state index in [4.69, 9.17) is 0 Å². The Morgan fingerprint density at radius 3 is 0.609 bits per heavy atom. The molecular weight excluding hydrogens is 1140 g/mol. The molecule has 0 aliphatic heterocycles. The van der Waals surface area contributed by atoms with Crippen LogP contribution < -0.4 is 0 Å². The van der Waals surface area contributed by atoms with Crippen LogP contribution in [0.5, 0.6) is 0 Å². The molecule has 44 heteroatoms. The second kappa shape index (κ2) is 17.8. The van der Waals surface area contributed by atoms with Crippen LogP contribution in [0.25, 0.3) is 0 Å². The average Bonchev–Trinajstić information content (AvgIpc) is 3.11. The topological polar surface area (TPSA) is 109 Å². The van der Waals surface area contributed by atoms with Crippen LogP contribution in [0.1, 0.15) is 12.8 Å². The van der Waals surface area contributed by atoms with Crippen molar-refractivity contribution in [1.29, 1.82) is 0 Å². The zero-order chi connectivity index (χ0) is 56.9. The Bertz CT molecular complexity index is 1890. The number of hydrogen-bond donors (Lipinski definition) is 2. The van der Waals surface area contributed by atoms with Gasteiger partial charge in [0.1, 0.15) is 0 Å². The van der Waals surface area contributed by atoms with Crippen molar-refractivity contribution in [1.82, 2.24) is 0 Å². The Hall–Kier alpha value is -2.70. The van der Waals surface area contributed by atoms with Crippen LogP contribution in [-0.4, -0.2) is 158 Å². The van der Waals surface area contributed by atoms with E-state index in [-0.39, 0.29) is 0 Å². The van der Waals surface area contributed by atoms with Crippen molar-refractivity contribution in [3.05, 3.63) is 0 Å². The van der Waals surface area contributed by atoms with Crippen molar-refractivity contribution in [2.24, 2.45) is 5.41 Å². The van der Waals surface area contributed by atoms with E-state index in [2.05, 4.69) is 0 Å². The van der Waals surface area contributed by atoms with Gasteiger partial charge >= 0.3 is 95.3 Å². The summed E-state index contributed by atoms with van der Waals surface area (Å²) in [6.45, 7) is -5.60. The molecule has 0 aliphatic rings. The lowest BCUT2D eigenvalue weighted by atomic mass is 9.88. The fourth-order valence-corrected chi connectivity index (χ4v) is 8.31. The summed E-state index contributed by atoms with van der Waals surface area (Å²) in [4.78, 5) is 0. The van der Waals surface area contributed by atoms with Gasteiger partial charge in [0.25, 0.3) is 0 Å². The largest absolute Gasteiger partial charge is 0.460 e. The number of halogens is 36. The molecule has 0 aliphatic carbocycles. The minimum absolute atomic E-state index is 2.80. The molecule has 69 heavy (non-hydrogen) atoms. The van der Waals surface area contributed by atoms with Crippen LogP contribution in [-0.2, 0) is 19.7 Å². The molecule has 0 bridgehead atoms. The van der Waals surface area contributed by atoms with E-state index < -0.39 is 169 Å². The summed E-state index contributed by atoms with van der Waals surface area (Å²) in [5.41, 5.74) is -15.3. The molecule has 0 rings (SSSR count). The van der Waals surface area contributed by atoms with Crippen LogP contribution in [0.2, 0.25) is 0 Å². The number of alkyl halides is 36. The predicted molar refractivity (Wildman–Crippen MR) is 145 cm³/mol. The maximum absolute atomic E-state index is 14.6. The molecule has 2 atom stereocenters. The molecule has 0 radical (unpaired) electrons. The fourth-order valence-electron chi connectivity index (χ4n) is 4.61. The van der Waals surface area contributed by atoms with Gasteiger partial charge in [0, 0.05) is 5.41 Å². The molecule has 2 N–H and O–H groups in total. The number of sulfone groups is 2. The van der Waals surface area contributed by atoms with Crippen molar-refractivity contribution in [2.45, 2.75) is 119 Å². The lowest BCUT2D eigenvalue weighted by Crippen LogP contribution is -2.74. The summed E-state index contributed by atoms with van der Waals surface area (Å²) >= 11 is 0. The molecule has 0 saturated carbocycles. The number of rotatable bonds is 24. The van der Waals surface area contributed by atoms with E-state index in [1.54, 1.807) is 0 Å². The predicted octanol–water partition coefficient (Wildman–Crippen LogP) is 10.2. The summed E-state index contributed by atoms with van der Waals surface area (Å²) < 4.78 is 536. The normalized spacial score (nSPS) is 17.6. The first-order chi connectivity index (χ1) is 29.3. The third-order valence-corrected chi connectivity index (χ3v) is 12.8. The maximum Gasteiger partial charge on any atom is 0.460 e. The average molecular weight is 1160 g/mol. The molecule has 0 aromatic carbocycles. The Balaban J connectivity index is 7.06. The zero-order valence-electron chi connectivity index (χ0n) is 30.8. The van der Waals surface area contributed by atoms with Gasteiger partial charge in [0.05, 0.1) is 37.6 Å². The summed E-state index contributed by atoms with van der Waals surface area (Å²) in [7, 11) is -14.5. The molecule has 0 aromatic rings. The summed E-state index contributed by atoms with van der Waals surface area (Å²) in [5, 5.41) is 18.7. The van der Waals surface area contributed by atoms with Gasteiger partial charge in [-0.25, -0.2) is 25.6 Å². The first-order valence-corrected chi connectivity index (χ1v) is 19.1. The van der Waals surface area contributed by atoms with Crippen molar-refractivity contribution in [3.8, 4) is 0 Å². The van der Waals surface area contributed by atoms with E-state index in [1.165, 1.54) is 0 Å². The highest BCUT2D eigenvalue weighted by atomic mass is 32.2. The van der Waals surface area contributed by atoms with E-state index in [9.17, 15) is 185 Å². The monoisotopic (exact) mass is 1160 g/mol. The lowest BCUT2D eigenvalue weighted by Gasteiger charge is -2.43. The highest BCUT2D eigenvalue weighted by molar-refractivity contribution is 7.92. The molecular formula is C25H16F36O6S2. The fraction of sp³-hybridized carbons (Fsp3) is 1.00. The Morgan fingerprint density at radius 2 is 0.449 bits per heavy atom. The van der Waals surface area contributed by atoms with Crippen LogP contribution in [0.3, 0.4) is 0 Å². The first kappa shape index (κ1) is 66.3. The van der Waals surface area contributed by atoms with E-state index in [1.807, 2.05) is 0 Å². The minimum Gasteiger partial charge on any atom is -0.396 e. The second-order valence-corrected chi connectivity index (χ2v) is 18.2. The highest BCUT2D eigenvalue weighted by Gasteiger charge is 2.97. The number of aliphatic hydroxyl groups excluding tert-OH is 2. The third-order valence-electron chi connectivity index (χ3n) is 8.87. The molecule has 0 fully saturated rings. The van der Waals surface area contributed by atoms with Crippen molar-refractivity contribution in [3.63, 3.8) is 0 Å². The van der Waals surface area contributed by atoms with Gasteiger partial charge in [-0.1, -0.05) is 0 Å². The molecule has 0 saturated heterocycles. The van der Waals surface area contributed by atoms with Crippen LogP contribution >= 0.6 is 0 Å². The van der Waals surface area contributed by atoms with Crippen LogP contribution in [0.4, 0.5) is 158 Å². The third kappa shape index (κ3) is 9.81. The van der Waals surface area contributed by atoms with Crippen LogP contribution in [0.15, 0.2) is 0 Å². The quantitative estimate of drug-likeness (QED) is 0.0933. The molecule has 416 valence electrons. The van der Waals surface area contributed by atoms with Gasteiger partial charge in [0.2, 0.25) is 11.0 Å². The van der Waals surface area contributed by atoms with Gasteiger partial charge in [-0.05, 0) is 0 Å². The SMILES string of the molecule is O=S(=O)(CC(CO)(CO)CS(=O)(=O)C(F)CC(F)(F)C(F)(F)C(F)(F)C(F)(F)C(F)(F)C(F)(F)C(F)(F)C(F)(F)F)C(F)CC(F)(F)C(F)(F)C(F)(F)C(F)(F)C(F)(F)C(F)(F)C(F)(F)C(F)(F)F. The second-order valence-electron chi connectivity index (χ2n) is 14.0. The zero-order valence-corrected chi connectivity index (χ0v) is 32.5. The summed E-state index contributed by atoms with van der Waals surface area (Å²) in [6, 6.07) is 0. The Morgan fingerprint density at radius 1 is 0.290 bits per heavy atom. The van der Waals surface area contributed by atoms with E-state index >= 15 is 0 Å². The van der Waals surface area contributed by atoms with Gasteiger partial charge in [-0.3, -0.25) is 0 Å².